The highest BCUT2D eigenvalue weighted by molar-refractivity contribution is 14.0. The van der Waals surface area contributed by atoms with E-state index in [1.807, 2.05) is 19.4 Å². The number of aliphatic imine (C=N–C) groups is 1. The van der Waals surface area contributed by atoms with Crippen LogP contribution in [0, 0.1) is 6.92 Å². The van der Waals surface area contributed by atoms with E-state index < -0.39 is 0 Å². The maximum atomic E-state index is 5.46. The summed E-state index contributed by atoms with van der Waals surface area (Å²) >= 11 is 0. The van der Waals surface area contributed by atoms with Gasteiger partial charge < -0.3 is 15.4 Å². The maximum absolute atomic E-state index is 5.46. The zero-order valence-corrected chi connectivity index (χ0v) is 19.7. The first-order chi connectivity index (χ1) is 13.8. The van der Waals surface area contributed by atoms with Crippen LogP contribution in [0.2, 0.25) is 0 Å². The third-order valence-corrected chi connectivity index (χ3v) is 5.11. The van der Waals surface area contributed by atoms with Crippen LogP contribution in [0.25, 0.3) is 0 Å². The number of benzene rings is 1. The van der Waals surface area contributed by atoms with Gasteiger partial charge in [0.05, 0.1) is 13.2 Å². The van der Waals surface area contributed by atoms with Crippen LogP contribution in [0.3, 0.4) is 0 Å². The van der Waals surface area contributed by atoms with Crippen LogP contribution in [-0.2, 0) is 24.2 Å². The summed E-state index contributed by atoms with van der Waals surface area (Å²) in [5, 5.41) is 6.86. The van der Waals surface area contributed by atoms with E-state index in [0.29, 0.717) is 0 Å². The average Bonchev–Trinajstić information content (AvgIpc) is 2.73. The summed E-state index contributed by atoms with van der Waals surface area (Å²) in [7, 11) is 1.81. The average molecular weight is 509 g/mol. The second kappa shape index (κ2) is 12.8. The number of hydrogen-bond donors (Lipinski definition) is 2. The molecule has 0 bridgehead atoms. The molecule has 0 spiro atoms. The predicted octanol–water partition coefficient (Wildman–Crippen LogP) is 2.75. The van der Waals surface area contributed by atoms with E-state index in [-0.39, 0.29) is 24.0 Å². The molecule has 0 radical (unpaired) electrons. The summed E-state index contributed by atoms with van der Waals surface area (Å²) in [5.74, 6) is 0.827. The number of aryl methyl sites for hydroxylation is 1. The van der Waals surface area contributed by atoms with Gasteiger partial charge in [-0.2, -0.15) is 0 Å². The van der Waals surface area contributed by atoms with Crippen LogP contribution in [-0.4, -0.2) is 55.7 Å². The summed E-state index contributed by atoms with van der Waals surface area (Å²) in [6.07, 6.45) is 4.71. The van der Waals surface area contributed by atoms with E-state index in [0.717, 1.165) is 58.3 Å². The van der Waals surface area contributed by atoms with Crippen molar-refractivity contribution in [2.24, 2.45) is 4.99 Å². The van der Waals surface area contributed by atoms with Crippen LogP contribution < -0.4 is 10.6 Å². The maximum Gasteiger partial charge on any atom is 0.191 e. The van der Waals surface area contributed by atoms with Gasteiger partial charge in [-0.05, 0) is 41.7 Å². The number of nitrogens with one attached hydrogen (secondary N) is 2. The van der Waals surface area contributed by atoms with Crippen LogP contribution in [0.1, 0.15) is 22.3 Å². The minimum Gasteiger partial charge on any atom is -0.379 e. The molecule has 1 aromatic heterocycles. The van der Waals surface area contributed by atoms with Gasteiger partial charge in [-0.25, -0.2) is 0 Å². The van der Waals surface area contributed by atoms with E-state index in [2.05, 4.69) is 62.8 Å². The van der Waals surface area contributed by atoms with Crippen LogP contribution >= 0.6 is 24.0 Å². The molecule has 1 aromatic carbocycles. The van der Waals surface area contributed by atoms with Crippen molar-refractivity contribution in [1.82, 2.24) is 20.5 Å². The molecule has 6 nitrogen and oxygen atoms in total. The molecular formula is C22H32IN5O. The molecular weight excluding hydrogens is 477 g/mol. The molecule has 0 atom stereocenters. The second-order valence-electron chi connectivity index (χ2n) is 7.06. The first-order valence-electron chi connectivity index (χ1n) is 9.97. The highest BCUT2D eigenvalue weighted by Crippen LogP contribution is 2.13. The van der Waals surface area contributed by atoms with Crippen molar-refractivity contribution in [1.29, 1.82) is 0 Å². The predicted molar refractivity (Wildman–Crippen MR) is 129 cm³/mol. The first-order valence-corrected chi connectivity index (χ1v) is 9.97. The van der Waals surface area contributed by atoms with Gasteiger partial charge >= 0.3 is 0 Å². The van der Waals surface area contributed by atoms with Gasteiger partial charge in [0, 0.05) is 52.2 Å². The van der Waals surface area contributed by atoms with Gasteiger partial charge in [-0.3, -0.25) is 14.9 Å². The fourth-order valence-corrected chi connectivity index (χ4v) is 3.38. The van der Waals surface area contributed by atoms with E-state index >= 15 is 0 Å². The quantitative estimate of drug-likeness (QED) is 0.342. The Morgan fingerprint density at radius 3 is 2.59 bits per heavy atom. The molecule has 3 rings (SSSR count). The Labute approximate surface area is 191 Å². The first kappa shape index (κ1) is 23.6. The van der Waals surface area contributed by atoms with Gasteiger partial charge in [0.1, 0.15) is 0 Å². The van der Waals surface area contributed by atoms with Crippen molar-refractivity contribution in [3.8, 4) is 0 Å². The zero-order chi connectivity index (χ0) is 19.6. The van der Waals surface area contributed by atoms with E-state index in [1.165, 1.54) is 22.3 Å². The molecule has 2 aromatic rings. The Bertz CT molecular complexity index is 777. The number of halogens is 1. The number of hydrogen-bond acceptors (Lipinski definition) is 4. The highest BCUT2D eigenvalue weighted by atomic mass is 127. The van der Waals surface area contributed by atoms with E-state index in [9.17, 15) is 0 Å². The molecule has 1 fully saturated rings. The molecule has 0 aliphatic carbocycles. The number of ether oxygens (including phenoxy) is 1. The third kappa shape index (κ3) is 7.56. The van der Waals surface area contributed by atoms with Gasteiger partial charge in [-0.1, -0.05) is 24.3 Å². The van der Waals surface area contributed by atoms with Gasteiger partial charge in [0.25, 0.3) is 0 Å². The fourth-order valence-electron chi connectivity index (χ4n) is 3.38. The molecule has 1 aliphatic heterocycles. The number of morpholine rings is 1. The normalized spacial score (nSPS) is 14.9. The van der Waals surface area contributed by atoms with Crippen molar-refractivity contribution in [3.05, 3.63) is 65.0 Å². The van der Waals surface area contributed by atoms with Crippen LogP contribution in [0.4, 0.5) is 0 Å². The number of pyridine rings is 1. The van der Waals surface area contributed by atoms with Gasteiger partial charge in [0.15, 0.2) is 5.96 Å². The summed E-state index contributed by atoms with van der Waals surface area (Å²) in [6.45, 7) is 8.31. The van der Waals surface area contributed by atoms with Gasteiger partial charge in [0.2, 0.25) is 0 Å². The van der Waals surface area contributed by atoms with Crippen LogP contribution in [0.5, 0.6) is 0 Å². The fraction of sp³-hybridized carbons (Fsp3) is 0.455. The Kier molecular flexibility index (Phi) is 10.4. The topological polar surface area (TPSA) is 61.8 Å². The molecule has 2 heterocycles. The Morgan fingerprint density at radius 1 is 1.10 bits per heavy atom. The van der Waals surface area contributed by atoms with Crippen molar-refractivity contribution in [2.75, 3.05) is 39.9 Å². The molecule has 1 aliphatic rings. The number of aromatic nitrogens is 1. The SMILES string of the molecule is CN=C(NCCc1ccncc1C)NCc1ccccc1CN1CCOCC1.I. The summed E-state index contributed by atoms with van der Waals surface area (Å²) in [6, 6.07) is 10.7. The third-order valence-electron chi connectivity index (χ3n) is 5.11. The summed E-state index contributed by atoms with van der Waals surface area (Å²) < 4.78 is 5.46. The van der Waals surface area contributed by atoms with Gasteiger partial charge in [-0.15, -0.1) is 24.0 Å². The van der Waals surface area contributed by atoms with Crippen molar-refractivity contribution in [2.45, 2.75) is 26.4 Å². The Hall–Kier alpha value is -1.71. The molecule has 1 saturated heterocycles. The van der Waals surface area contributed by atoms with Crippen LogP contribution in [0.15, 0.2) is 47.7 Å². The molecule has 2 N–H and O–H groups in total. The standard InChI is InChI=1S/C22H31N5O.HI/c1-18-15-24-9-7-19(18)8-10-25-22(23-2)26-16-20-5-3-4-6-21(20)17-27-11-13-28-14-12-27;/h3-7,9,15H,8,10-14,16-17H2,1-2H3,(H2,23,25,26);1H. The minimum absolute atomic E-state index is 0. The zero-order valence-electron chi connectivity index (χ0n) is 17.4. The molecule has 0 saturated carbocycles. The monoisotopic (exact) mass is 509 g/mol. The number of nitrogens with zero attached hydrogens (tertiary/aromatic N) is 3. The Morgan fingerprint density at radius 2 is 1.86 bits per heavy atom. The minimum atomic E-state index is 0. The van der Waals surface area contributed by atoms with E-state index in [1.54, 1.807) is 0 Å². The number of guanidine groups is 1. The molecule has 29 heavy (non-hydrogen) atoms. The molecule has 0 unspecified atom stereocenters. The lowest BCUT2D eigenvalue weighted by atomic mass is 10.1. The molecule has 7 heteroatoms. The van der Waals surface area contributed by atoms with Crippen molar-refractivity contribution >= 4 is 29.9 Å². The smallest absolute Gasteiger partial charge is 0.191 e. The van der Waals surface area contributed by atoms with Crippen molar-refractivity contribution in [3.63, 3.8) is 0 Å². The summed E-state index contributed by atoms with van der Waals surface area (Å²) in [4.78, 5) is 11.0. The number of rotatable bonds is 7. The Balaban J connectivity index is 0.00000300. The lowest BCUT2D eigenvalue weighted by Crippen LogP contribution is -2.38. The second-order valence-corrected chi connectivity index (χ2v) is 7.06. The lowest BCUT2D eigenvalue weighted by Gasteiger charge is -2.27. The van der Waals surface area contributed by atoms with Crippen molar-refractivity contribution < 1.29 is 4.74 Å². The van der Waals surface area contributed by atoms with E-state index in [4.69, 9.17) is 4.74 Å². The molecule has 0 amide bonds. The summed E-state index contributed by atoms with van der Waals surface area (Å²) in [5.41, 5.74) is 5.21. The largest absolute Gasteiger partial charge is 0.379 e. The lowest BCUT2D eigenvalue weighted by molar-refractivity contribution is 0.0341. The highest BCUT2D eigenvalue weighted by Gasteiger charge is 2.12. The molecule has 158 valence electrons.